The quantitative estimate of drug-likeness (QED) is 0.255. The van der Waals surface area contributed by atoms with E-state index in [1.165, 1.54) is 0 Å². The monoisotopic (exact) mass is 482 g/mol. The van der Waals surface area contributed by atoms with Gasteiger partial charge in [-0.05, 0) is 74.5 Å². The highest BCUT2D eigenvalue weighted by atomic mass is 15.1. The van der Waals surface area contributed by atoms with Gasteiger partial charge in [-0.2, -0.15) is 5.26 Å². The Morgan fingerprint density at radius 3 is 2.57 bits per heavy atom. The van der Waals surface area contributed by atoms with Gasteiger partial charge in [0.1, 0.15) is 11.6 Å². The number of pyridine rings is 3. The molecule has 0 unspecified atom stereocenters. The predicted molar refractivity (Wildman–Crippen MR) is 146 cm³/mol. The molecule has 0 bridgehead atoms. The minimum absolute atomic E-state index is 0.595. The molecule has 8 nitrogen and oxygen atoms in total. The topological polar surface area (TPSA) is 115 Å². The van der Waals surface area contributed by atoms with E-state index in [1.54, 1.807) is 12.3 Å². The number of hydrogen-bond acceptors (Lipinski definition) is 7. The van der Waals surface area contributed by atoms with Gasteiger partial charge in [-0.3, -0.25) is 9.97 Å². The standard InChI is InChI=1S/C29H22N8/c1-17-12-22(10-11-31-17)34-27-9-8-25-29(36-27)37-28(35-25)20-4-3-5-21(15-20)33-26-13-18(2)32-24-7-6-19(16-30)14-23(24)26/h3-15H,1-2H3,(H,32,33)(H2,31,34,35,36,37). The van der Waals surface area contributed by atoms with E-state index < -0.39 is 0 Å². The van der Waals surface area contributed by atoms with Crippen molar-refractivity contribution in [3.05, 3.63) is 95.9 Å². The molecule has 0 fully saturated rings. The summed E-state index contributed by atoms with van der Waals surface area (Å²) in [5.41, 5.74) is 8.39. The number of aromatic nitrogens is 5. The number of benzene rings is 2. The molecule has 4 heterocycles. The van der Waals surface area contributed by atoms with Crippen LogP contribution in [0.4, 0.5) is 22.9 Å². The Hall–Kier alpha value is -5.29. The van der Waals surface area contributed by atoms with Gasteiger partial charge in [-0.15, -0.1) is 0 Å². The largest absolute Gasteiger partial charge is 0.355 e. The van der Waals surface area contributed by atoms with Crippen molar-refractivity contribution in [2.75, 3.05) is 10.6 Å². The second-order valence-corrected chi connectivity index (χ2v) is 8.82. The molecule has 2 aromatic carbocycles. The molecule has 0 spiro atoms. The number of fused-ring (bicyclic) bond motifs is 2. The van der Waals surface area contributed by atoms with E-state index in [0.29, 0.717) is 17.0 Å². The van der Waals surface area contributed by atoms with Crippen molar-refractivity contribution in [1.82, 2.24) is 24.9 Å². The van der Waals surface area contributed by atoms with Crippen LogP contribution in [0, 0.1) is 25.2 Å². The van der Waals surface area contributed by atoms with E-state index in [4.69, 9.17) is 4.98 Å². The summed E-state index contributed by atoms with van der Waals surface area (Å²) in [4.78, 5) is 21.6. The van der Waals surface area contributed by atoms with Crippen LogP contribution < -0.4 is 10.6 Å². The van der Waals surface area contributed by atoms with Crippen molar-refractivity contribution in [3.8, 4) is 17.5 Å². The fraction of sp³-hybridized carbons (Fsp3) is 0.0690. The molecule has 0 atom stereocenters. The third-order valence-electron chi connectivity index (χ3n) is 6.00. The summed E-state index contributed by atoms with van der Waals surface area (Å²) in [5.74, 6) is 1.44. The third kappa shape index (κ3) is 4.54. The van der Waals surface area contributed by atoms with Gasteiger partial charge in [-0.1, -0.05) is 12.1 Å². The smallest absolute Gasteiger partial charge is 0.180 e. The maximum Gasteiger partial charge on any atom is 0.180 e. The van der Waals surface area contributed by atoms with E-state index in [2.05, 4.69) is 36.6 Å². The number of nitriles is 1. The summed E-state index contributed by atoms with van der Waals surface area (Å²) in [6.07, 6.45) is 1.77. The molecule has 6 rings (SSSR count). The van der Waals surface area contributed by atoms with E-state index in [-0.39, 0.29) is 0 Å². The molecule has 0 radical (unpaired) electrons. The van der Waals surface area contributed by atoms with Gasteiger partial charge in [0.05, 0.1) is 22.7 Å². The summed E-state index contributed by atoms with van der Waals surface area (Å²) in [6.45, 7) is 3.91. The van der Waals surface area contributed by atoms with Crippen molar-refractivity contribution in [2.45, 2.75) is 13.8 Å². The molecule has 8 heteroatoms. The summed E-state index contributed by atoms with van der Waals surface area (Å²) in [5, 5.41) is 17.1. The summed E-state index contributed by atoms with van der Waals surface area (Å²) in [7, 11) is 0. The van der Waals surface area contributed by atoms with Gasteiger partial charge in [0, 0.05) is 45.6 Å². The lowest BCUT2D eigenvalue weighted by Crippen LogP contribution is -1.96. The Morgan fingerprint density at radius 1 is 0.811 bits per heavy atom. The molecular weight excluding hydrogens is 460 g/mol. The fourth-order valence-corrected chi connectivity index (χ4v) is 4.30. The van der Waals surface area contributed by atoms with Crippen LogP contribution in [0.1, 0.15) is 17.0 Å². The number of anilines is 4. The van der Waals surface area contributed by atoms with Crippen LogP contribution in [0.5, 0.6) is 0 Å². The first-order chi connectivity index (χ1) is 18.0. The average molecular weight is 483 g/mol. The Kier molecular flexibility index (Phi) is 5.43. The van der Waals surface area contributed by atoms with Gasteiger partial charge < -0.3 is 15.6 Å². The van der Waals surface area contributed by atoms with Crippen LogP contribution in [0.3, 0.4) is 0 Å². The molecule has 37 heavy (non-hydrogen) atoms. The van der Waals surface area contributed by atoms with Crippen LogP contribution in [0.2, 0.25) is 0 Å². The van der Waals surface area contributed by atoms with Crippen molar-refractivity contribution in [2.24, 2.45) is 0 Å². The Labute approximate surface area is 213 Å². The number of nitrogens with zero attached hydrogens (tertiary/aromatic N) is 5. The highest BCUT2D eigenvalue weighted by Crippen LogP contribution is 2.30. The Morgan fingerprint density at radius 2 is 1.70 bits per heavy atom. The summed E-state index contributed by atoms with van der Waals surface area (Å²) < 4.78 is 0. The lowest BCUT2D eigenvalue weighted by Gasteiger charge is -2.12. The molecule has 0 aliphatic carbocycles. The van der Waals surface area contributed by atoms with Gasteiger partial charge in [0.2, 0.25) is 0 Å². The number of rotatable bonds is 5. The highest BCUT2D eigenvalue weighted by Gasteiger charge is 2.10. The molecule has 0 amide bonds. The summed E-state index contributed by atoms with van der Waals surface area (Å²) in [6, 6.07) is 25.5. The van der Waals surface area contributed by atoms with E-state index in [9.17, 15) is 5.26 Å². The summed E-state index contributed by atoms with van der Waals surface area (Å²) >= 11 is 0. The van der Waals surface area contributed by atoms with Crippen molar-refractivity contribution >= 4 is 44.9 Å². The third-order valence-corrected chi connectivity index (χ3v) is 6.00. The van der Waals surface area contributed by atoms with Crippen LogP contribution in [0.15, 0.2) is 79.0 Å². The van der Waals surface area contributed by atoms with Gasteiger partial charge in [0.25, 0.3) is 0 Å². The maximum atomic E-state index is 9.34. The number of imidazole rings is 1. The zero-order valence-electron chi connectivity index (χ0n) is 20.2. The minimum atomic E-state index is 0.595. The zero-order valence-corrected chi connectivity index (χ0v) is 20.2. The molecule has 0 aliphatic heterocycles. The average Bonchev–Trinajstić information content (AvgIpc) is 3.32. The van der Waals surface area contributed by atoms with Crippen LogP contribution in [-0.2, 0) is 0 Å². The van der Waals surface area contributed by atoms with E-state index >= 15 is 0 Å². The lowest BCUT2D eigenvalue weighted by molar-refractivity contribution is 1.20. The van der Waals surface area contributed by atoms with Crippen LogP contribution in [0.25, 0.3) is 33.5 Å². The predicted octanol–water partition coefficient (Wildman–Crippen LogP) is 6.54. The number of nitrogens with one attached hydrogen (secondary N) is 3. The number of hydrogen-bond donors (Lipinski definition) is 3. The van der Waals surface area contributed by atoms with Crippen molar-refractivity contribution < 1.29 is 0 Å². The van der Waals surface area contributed by atoms with E-state index in [0.717, 1.165) is 56.3 Å². The molecular formula is C29H22N8. The van der Waals surface area contributed by atoms with Crippen molar-refractivity contribution in [3.63, 3.8) is 0 Å². The van der Waals surface area contributed by atoms with Gasteiger partial charge >= 0.3 is 0 Å². The first-order valence-corrected chi connectivity index (χ1v) is 11.8. The lowest BCUT2D eigenvalue weighted by atomic mass is 10.1. The second-order valence-electron chi connectivity index (χ2n) is 8.82. The Balaban J connectivity index is 1.31. The first-order valence-electron chi connectivity index (χ1n) is 11.8. The molecule has 6 aromatic rings. The van der Waals surface area contributed by atoms with Crippen LogP contribution in [-0.4, -0.2) is 24.9 Å². The maximum absolute atomic E-state index is 9.34. The van der Waals surface area contributed by atoms with Crippen molar-refractivity contribution in [1.29, 1.82) is 5.26 Å². The molecule has 4 aromatic heterocycles. The van der Waals surface area contributed by atoms with E-state index in [1.807, 2.05) is 80.6 Å². The normalized spacial score (nSPS) is 10.9. The molecule has 3 N–H and O–H groups in total. The number of aromatic amines is 1. The number of H-pyrrole nitrogens is 1. The van der Waals surface area contributed by atoms with Gasteiger partial charge in [-0.25, -0.2) is 9.97 Å². The highest BCUT2D eigenvalue weighted by molar-refractivity contribution is 5.94. The molecule has 178 valence electrons. The van der Waals surface area contributed by atoms with Crippen LogP contribution >= 0.6 is 0 Å². The molecule has 0 saturated carbocycles. The first kappa shape index (κ1) is 22.2. The second kappa shape index (κ2) is 9.06. The molecule has 0 aliphatic rings. The van der Waals surface area contributed by atoms with Gasteiger partial charge in [0.15, 0.2) is 5.65 Å². The SMILES string of the molecule is Cc1cc(Nc2ccc3[nH]c(-c4cccc(Nc5cc(C)nc6ccc(C#N)cc56)c4)nc3n2)ccn1. The fourth-order valence-electron chi connectivity index (χ4n) is 4.30. The minimum Gasteiger partial charge on any atom is -0.355 e. The zero-order chi connectivity index (χ0) is 25.4. The number of aryl methyl sites for hydroxylation is 2. The molecule has 0 saturated heterocycles. The Bertz CT molecular complexity index is 1830.